The number of fused-ring (bicyclic) bond motifs is 2. The van der Waals surface area contributed by atoms with Crippen LogP contribution in [0.5, 0.6) is 0 Å². The minimum atomic E-state index is -1.91. The Labute approximate surface area is 190 Å². The highest BCUT2D eigenvalue weighted by atomic mass is 35.5. The molecular formula is C26H21ClN2O3. The Morgan fingerprint density at radius 1 is 1.03 bits per heavy atom. The van der Waals surface area contributed by atoms with Crippen LogP contribution in [-0.4, -0.2) is 28.3 Å². The fourth-order valence-electron chi connectivity index (χ4n) is 4.47. The number of carbonyl (C=O) groups is 2. The van der Waals surface area contributed by atoms with Crippen LogP contribution in [0.25, 0.3) is 10.9 Å². The molecule has 5 nitrogen and oxygen atoms in total. The molecule has 1 atom stereocenters. The lowest BCUT2D eigenvalue weighted by atomic mass is 9.88. The Morgan fingerprint density at radius 2 is 1.81 bits per heavy atom. The molecule has 0 unspecified atom stereocenters. The predicted molar refractivity (Wildman–Crippen MR) is 125 cm³/mol. The van der Waals surface area contributed by atoms with Crippen LogP contribution in [0.4, 0.5) is 5.69 Å². The Balaban J connectivity index is 1.43. The normalized spacial score (nSPS) is 17.7. The van der Waals surface area contributed by atoms with E-state index in [9.17, 15) is 14.7 Å². The molecular weight excluding hydrogens is 424 g/mol. The summed E-state index contributed by atoms with van der Waals surface area (Å²) in [5.41, 5.74) is 1.69. The standard InChI is InChI=1S/C26H21ClN2O3/c27-19-7-5-6-17(14-19)24(30)15-26(32)21-9-2-4-11-23(21)29(25(26)31)13-12-18-16-28-22-10-3-1-8-20(18)22/h1-11,14,16,28,32H,12-13,15H2/t26-/m1/s1. The maximum Gasteiger partial charge on any atom is 0.264 e. The number of halogens is 1. The number of rotatable bonds is 6. The van der Waals surface area contributed by atoms with E-state index in [0.717, 1.165) is 16.5 Å². The molecule has 0 fully saturated rings. The van der Waals surface area contributed by atoms with Gasteiger partial charge in [-0.2, -0.15) is 0 Å². The monoisotopic (exact) mass is 444 g/mol. The SMILES string of the molecule is O=C(C[C@]1(O)C(=O)N(CCc2c[nH]c3ccccc23)c2ccccc21)c1cccc(Cl)c1. The molecule has 0 bridgehead atoms. The van der Waals surface area contributed by atoms with Gasteiger partial charge >= 0.3 is 0 Å². The number of aromatic nitrogens is 1. The third kappa shape index (κ3) is 3.40. The molecule has 1 amide bonds. The average Bonchev–Trinajstić information content (AvgIpc) is 3.30. The molecule has 4 aromatic rings. The van der Waals surface area contributed by atoms with Crippen LogP contribution in [0.3, 0.4) is 0 Å². The molecule has 0 aliphatic carbocycles. The van der Waals surface area contributed by atoms with Crippen molar-refractivity contribution in [1.29, 1.82) is 0 Å². The summed E-state index contributed by atoms with van der Waals surface area (Å²) in [4.78, 5) is 31.2. The van der Waals surface area contributed by atoms with E-state index in [-0.39, 0.29) is 12.2 Å². The van der Waals surface area contributed by atoms with Gasteiger partial charge in [0, 0.05) is 39.8 Å². The summed E-state index contributed by atoms with van der Waals surface area (Å²) >= 11 is 6.01. The van der Waals surface area contributed by atoms with Gasteiger partial charge in [-0.1, -0.05) is 60.1 Å². The zero-order valence-corrected chi connectivity index (χ0v) is 18.0. The molecule has 1 aliphatic heterocycles. The maximum absolute atomic E-state index is 13.4. The molecule has 1 aliphatic rings. The maximum atomic E-state index is 13.4. The van der Waals surface area contributed by atoms with E-state index < -0.39 is 11.5 Å². The number of hydrogen-bond acceptors (Lipinski definition) is 3. The van der Waals surface area contributed by atoms with Crippen molar-refractivity contribution in [2.24, 2.45) is 0 Å². The Hall–Kier alpha value is -3.41. The van der Waals surface area contributed by atoms with Crippen LogP contribution >= 0.6 is 11.6 Å². The van der Waals surface area contributed by atoms with Gasteiger partial charge in [-0.05, 0) is 36.2 Å². The molecule has 0 saturated heterocycles. The fourth-order valence-corrected chi connectivity index (χ4v) is 4.66. The summed E-state index contributed by atoms with van der Waals surface area (Å²) in [6, 6.07) is 21.7. The molecule has 160 valence electrons. The first-order valence-electron chi connectivity index (χ1n) is 10.4. The molecule has 3 aromatic carbocycles. The van der Waals surface area contributed by atoms with Gasteiger partial charge in [0.1, 0.15) is 0 Å². The van der Waals surface area contributed by atoms with Crippen LogP contribution in [-0.2, 0) is 16.8 Å². The number of amides is 1. The second kappa shape index (κ2) is 7.93. The fraction of sp³-hybridized carbons (Fsp3) is 0.154. The van der Waals surface area contributed by atoms with Crippen LogP contribution in [0.15, 0.2) is 79.0 Å². The van der Waals surface area contributed by atoms with Crippen molar-refractivity contribution in [1.82, 2.24) is 4.98 Å². The second-order valence-electron chi connectivity index (χ2n) is 8.05. The Bertz CT molecular complexity index is 1350. The minimum absolute atomic E-state index is 0.336. The highest BCUT2D eigenvalue weighted by molar-refractivity contribution is 6.31. The number of anilines is 1. The molecule has 32 heavy (non-hydrogen) atoms. The summed E-state index contributed by atoms with van der Waals surface area (Å²) in [6.45, 7) is 0.394. The van der Waals surface area contributed by atoms with Gasteiger partial charge in [-0.25, -0.2) is 0 Å². The van der Waals surface area contributed by atoms with Crippen molar-refractivity contribution >= 4 is 39.9 Å². The van der Waals surface area contributed by atoms with Gasteiger partial charge in [-0.15, -0.1) is 0 Å². The lowest BCUT2D eigenvalue weighted by Gasteiger charge is -2.23. The van der Waals surface area contributed by atoms with E-state index in [1.54, 1.807) is 41.3 Å². The number of hydrogen-bond donors (Lipinski definition) is 2. The molecule has 1 aromatic heterocycles. The largest absolute Gasteiger partial charge is 0.375 e. The van der Waals surface area contributed by atoms with Gasteiger partial charge in [0.25, 0.3) is 5.91 Å². The number of Topliss-reactive ketones (excluding diaryl/α,β-unsaturated/α-hetero) is 1. The van der Waals surface area contributed by atoms with Crippen molar-refractivity contribution in [2.45, 2.75) is 18.4 Å². The van der Waals surface area contributed by atoms with E-state index >= 15 is 0 Å². The number of carbonyl (C=O) groups excluding carboxylic acids is 2. The van der Waals surface area contributed by atoms with E-state index in [0.29, 0.717) is 34.8 Å². The van der Waals surface area contributed by atoms with Gasteiger partial charge < -0.3 is 15.0 Å². The predicted octanol–water partition coefficient (Wildman–Crippen LogP) is 4.87. The molecule has 5 rings (SSSR count). The lowest BCUT2D eigenvalue weighted by molar-refractivity contribution is -0.135. The zero-order chi connectivity index (χ0) is 22.3. The Morgan fingerprint density at radius 3 is 2.66 bits per heavy atom. The van der Waals surface area contributed by atoms with Crippen molar-refractivity contribution in [2.75, 3.05) is 11.4 Å². The third-order valence-corrected chi connectivity index (χ3v) is 6.32. The van der Waals surface area contributed by atoms with Gasteiger partial charge in [0.05, 0.1) is 12.1 Å². The summed E-state index contributed by atoms with van der Waals surface area (Å²) in [6.07, 6.45) is 2.22. The van der Waals surface area contributed by atoms with Crippen LogP contribution in [0, 0.1) is 0 Å². The first-order chi connectivity index (χ1) is 15.5. The highest BCUT2D eigenvalue weighted by Crippen LogP contribution is 2.43. The number of ketones is 1. The summed E-state index contributed by atoms with van der Waals surface area (Å²) in [7, 11) is 0. The first-order valence-corrected chi connectivity index (χ1v) is 10.8. The molecule has 0 radical (unpaired) electrons. The summed E-state index contributed by atoms with van der Waals surface area (Å²) in [5, 5.41) is 13.0. The zero-order valence-electron chi connectivity index (χ0n) is 17.2. The number of nitrogens with zero attached hydrogens (tertiary/aromatic N) is 1. The van der Waals surface area contributed by atoms with E-state index in [1.807, 2.05) is 42.6 Å². The number of nitrogens with one attached hydrogen (secondary N) is 1. The molecule has 6 heteroatoms. The van der Waals surface area contributed by atoms with Gasteiger partial charge in [0.15, 0.2) is 11.4 Å². The minimum Gasteiger partial charge on any atom is -0.375 e. The molecule has 2 heterocycles. The number of aromatic amines is 1. The third-order valence-electron chi connectivity index (χ3n) is 6.08. The van der Waals surface area contributed by atoms with Crippen LogP contribution in [0.2, 0.25) is 5.02 Å². The molecule has 0 saturated carbocycles. The molecule has 0 spiro atoms. The van der Waals surface area contributed by atoms with Crippen molar-refractivity contribution in [3.63, 3.8) is 0 Å². The quantitative estimate of drug-likeness (QED) is 0.416. The van der Waals surface area contributed by atoms with Crippen LogP contribution < -0.4 is 4.90 Å². The summed E-state index contributed by atoms with van der Waals surface area (Å²) < 4.78 is 0. The first kappa shape index (κ1) is 20.5. The molecule has 2 N–H and O–H groups in total. The van der Waals surface area contributed by atoms with Crippen molar-refractivity contribution < 1.29 is 14.7 Å². The van der Waals surface area contributed by atoms with Crippen molar-refractivity contribution in [3.8, 4) is 0 Å². The van der Waals surface area contributed by atoms with Gasteiger partial charge in [-0.3, -0.25) is 9.59 Å². The lowest BCUT2D eigenvalue weighted by Crippen LogP contribution is -2.42. The van der Waals surface area contributed by atoms with E-state index in [4.69, 9.17) is 11.6 Å². The number of para-hydroxylation sites is 2. The average molecular weight is 445 g/mol. The number of aliphatic hydroxyl groups is 1. The van der Waals surface area contributed by atoms with E-state index in [2.05, 4.69) is 4.98 Å². The topological polar surface area (TPSA) is 73.4 Å². The smallest absolute Gasteiger partial charge is 0.264 e. The highest BCUT2D eigenvalue weighted by Gasteiger charge is 2.50. The number of H-pyrrole nitrogens is 1. The summed E-state index contributed by atoms with van der Waals surface area (Å²) in [5.74, 6) is -0.814. The van der Waals surface area contributed by atoms with Crippen LogP contribution in [0.1, 0.15) is 27.9 Å². The Kier molecular flexibility index (Phi) is 5.08. The number of benzene rings is 3. The van der Waals surface area contributed by atoms with Gasteiger partial charge in [0.2, 0.25) is 0 Å². The second-order valence-corrected chi connectivity index (χ2v) is 8.49. The van der Waals surface area contributed by atoms with E-state index in [1.165, 1.54) is 0 Å². The van der Waals surface area contributed by atoms with Crippen molar-refractivity contribution in [3.05, 3.63) is 101 Å².